The van der Waals surface area contributed by atoms with Gasteiger partial charge in [-0.05, 0) is 102 Å². The van der Waals surface area contributed by atoms with Crippen LogP contribution < -0.4 is 25.1 Å². The van der Waals surface area contributed by atoms with E-state index < -0.39 is 0 Å². The molecule has 10 heteroatoms. The molecular formula is C37H37BrN4O5. The third kappa shape index (κ3) is 7.72. The van der Waals surface area contributed by atoms with Crippen molar-refractivity contribution >= 4 is 44.6 Å². The molecule has 0 unspecified atom stereocenters. The fourth-order valence-electron chi connectivity index (χ4n) is 5.09. The highest BCUT2D eigenvalue weighted by atomic mass is 79.9. The number of amides is 1. The molecule has 0 aliphatic heterocycles. The number of benzene rings is 4. The molecule has 0 bridgehead atoms. The van der Waals surface area contributed by atoms with Gasteiger partial charge in [-0.1, -0.05) is 44.2 Å². The van der Waals surface area contributed by atoms with Gasteiger partial charge in [-0.25, -0.2) is 4.98 Å². The van der Waals surface area contributed by atoms with Gasteiger partial charge >= 0.3 is 0 Å². The molecule has 0 aliphatic carbocycles. The number of nitrogens with zero attached hydrogens (tertiary/aromatic N) is 3. The van der Waals surface area contributed by atoms with Crippen molar-refractivity contribution in [1.29, 1.82) is 0 Å². The number of ether oxygens (including phenoxy) is 3. The highest BCUT2D eigenvalue weighted by molar-refractivity contribution is 9.10. The Balaban J connectivity index is 1.54. The van der Waals surface area contributed by atoms with E-state index in [0.29, 0.717) is 57.2 Å². The minimum atomic E-state index is -0.304. The molecule has 1 N–H and O–H groups in total. The van der Waals surface area contributed by atoms with Crippen LogP contribution in [0.5, 0.6) is 17.2 Å². The number of carbonyl (C=O) groups is 1. The molecule has 4 aromatic carbocycles. The van der Waals surface area contributed by atoms with E-state index in [1.54, 1.807) is 36.5 Å². The Morgan fingerprint density at radius 2 is 1.62 bits per heavy atom. The third-order valence-corrected chi connectivity index (χ3v) is 8.05. The summed E-state index contributed by atoms with van der Waals surface area (Å²) in [6, 6.07) is 23.9. The summed E-state index contributed by atoms with van der Waals surface area (Å²) in [5.74, 6) is 1.92. The van der Waals surface area contributed by atoms with Gasteiger partial charge in [-0.2, -0.15) is 9.78 Å². The minimum absolute atomic E-state index is 0.179. The Morgan fingerprint density at radius 3 is 2.34 bits per heavy atom. The summed E-state index contributed by atoms with van der Waals surface area (Å²) in [5, 5.41) is 7.94. The number of nitrogens with one attached hydrogen (secondary N) is 1. The fraction of sp³-hybridized carbons (Fsp3) is 0.243. The molecule has 5 rings (SSSR count). The maximum atomic E-state index is 13.9. The number of aryl methyl sites for hydroxylation is 1. The lowest BCUT2D eigenvalue weighted by molar-refractivity contribution is -0.118. The second-order valence-corrected chi connectivity index (χ2v) is 11.9. The molecule has 9 nitrogen and oxygen atoms in total. The van der Waals surface area contributed by atoms with Crippen LogP contribution in [0.2, 0.25) is 0 Å². The first kappa shape index (κ1) is 33.4. The molecular weight excluding hydrogens is 660 g/mol. The van der Waals surface area contributed by atoms with Gasteiger partial charge in [0.25, 0.3) is 11.5 Å². The van der Waals surface area contributed by atoms with Crippen molar-refractivity contribution in [2.75, 3.05) is 25.1 Å². The van der Waals surface area contributed by atoms with Crippen LogP contribution >= 0.6 is 15.9 Å². The lowest BCUT2D eigenvalue weighted by atomic mass is 9.96. The van der Waals surface area contributed by atoms with Crippen LogP contribution in [0.25, 0.3) is 22.3 Å². The minimum Gasteiger partial charge on any atom is -0.494 e. The van der Waals surface area contributed by atoms with Crippen LogP contribution in [0, 0.1) is 6.92 Å². The van der Waals surface area contributed by atoms with Crippen LogP contribution in [-0.4, -0.2) is 41.6 Å². The average Bonchev–Trinajstić information content (AvgIpc) is 3.05. The van der Waals surface area contributed by atoms with Crippen LogP contribution in [0.15, 0.2) is 93.2 Å². The summed E-state index contributed by atoms with van der Waals surface area (Å²) in [6.45, 7) is 10.7. The predicted octanol–water partition coefficient (Wildman–Crippen LogP) is 7.95. The third-order valence-electron chi connectivity index (χ3n) is 7.36. The van der Waals surface area contributed by atoms with E-state index in [0.717, 1.165) is 22.4 Å². The Bertz CT molecular complexity index is 1990. The quantitative estimate of drug-likeness (QED) is 0.133. The van der Waals surface area contributed by atoms with Crippen molar-refractivity contribution in [3.05, 3.63) is 110 Å². The van der Waals surface area contributed by atoms with Crippen LogP contribution in [-0.2, 0) is 4.79 Å². The van der Waals surface area contributed by atoms with Crippen molar-refractivity contribution in [2.45, 2.75) is 40.5 Å². The van der Waals surface area contributed by atoms with E-state index in [2.05, 4.69) is 40.2 Å². The zero-order valence-electron chi connectivity index (χ0n) is 27.0. The van der Waals surface area contributed by atoms with E-state index in [4.69, 9.17) is 19.2 Å². The second kappa shape index (κ2) is 15.1. The first-order valence-corrected chi connectivity index (χ1v) is 16.3. The van der Waals surface area contributed by atoms with Crippen molar-refractivity contribution in [1.82, 2.24) is 9.66 Å². The van der Waals surface area contributed by atoms with Gasteiger partial charge in [0.15, 0.2) is 23.9 Å². The Hall–Kier alpha value is -4.96. The molecule has 0 radical (unpaired) electrons. The molecule has 47 heavy (non-hydrogen) atoms. The summed E-state index contributed by atoms with van der Waals surface area (Å²) < 4.78 is 19.6. The van der Waals surface area contributed by atoms with Crippen molar-refractivity contribution in [2.24, 2.45) is 5.10 Å². The lowest BCUT2D eigenvalue weighted by Crippen LogP contribution is -2.21. The SMILES string of the molecule is CCOc1cc(C=Nn2c(-c3cc(C(C)C)c(OCC)cc3C)nc3ccccc3c2=O)c(Br)cc1OCC(=O)Nc1ccccc1. The zero-order chi connectivity index (χ0) is 33.5. The van der Waals surface area contributed by atoms with Crippen molar-refractivity contribution < 1.29 is 19.0 Å². The van der Waals surface area contributed by atoms with Crippen LogP contribution in [0.4, 0.5) is 5.69 Å². The van der Waals surface area contributed by atoms with E-state index in [9.17, 15) is 9.59 Å². The molecule has 5 aromatic rings. The highest BCUT2D eigenvalue weighted by Gasteiger charge is 2.19. The number of hydrogen-bond acceptors (Lipinski definition) is 7. The monoisotopic (exact) mass is 696 g/mol. The van der Waals surface area contributed by atoms with Gasteiger partial charge in [0.1, 0.15) is 5.75 Å². The van der Waals surface area contributed by atoms with Crippen LogP contribution in [0.1, 0.15) is 50.3 Å². The number of fused-ring (bicyclic) bond motifs is 1. The van der Waals surface area contributed by atoms with Gasteiger partial charge in [0.05, 0.1) is 30.3 Å². The Labute approximate surface area is 282 Å². The molecule has 0 fully saturated rings. The topological polar surface area (TPSA) is 104 Å². The van der Waals surface area contributed by atoms with Crippen molar-refractivity contribution in [3.8, 4) is 28.6 Å². The van der Waals surface area contributed by atoms with Crippen molar-refractivity contribution in [3.63, 3.8) is 0 Å². The number of carbonyl (C=O) groups excluding carboxylic acids is 1. The van der Waals surface area contributed by atoms with Gasteiger partial charge in [-0.3, -0.25) is 9.59 Å². The van der Waals surface area contributed by atoms with Gasteiger partial charge in [0, 0.05) is 21.3 Å². The lowest BCUT2D eigenvalue weighted by Gasteiger charge is -2.18. The fourth-order valence-corrected chi connectivity index (χ4v) is 5.51. The molecule has 0 aliphatic rings. The van der Waals surface area contributed by atoms with Crippen LogP contribution in [0.3, 0.4) is 0 Å². The number of hydrogen-bond donors (Lipinski definition) is 1. The summed E-state index contributed by atoms with van der Waals surface area (Å²) >= 11 is 3.60. The Kier molecular flexibility index (Phi) is 10.7. The van der Waals surface area contributed by atoms with Gasteiger partial charge in [0.2, 0.25) is 0 Å². The molecule has 0 saturated carbocycles. The largest absolute Gasteiger partial charge is 0.494 e. The van der Waals surface area contributed by atoms with E-state index >= 15 is 0 Å². The van der Waals surface area contributed by atoms with Gasteiger partial charge < -0.3 is 19.5 Å². The number of aromatic nitrogens is 2. The number of rotatable bonds is 12. The number of halogens is 1. The maximum absolute atomic E-state index is 13.9. The Morgan fingerprint density at radius 1 is 0.936 bits per heavy atom. The summed E-state index contributed by atoms with van der Waals surface area (Å²) in [6.07, 6.45) is 1.58. The average molecular weight is 698 g/mol. The van der Waals surface area contributed by atoms with E-state index in [1.165, 1.54) is 4.68 Å². The molecule has 0 saturated heterocycles. The summed E-state index contributed by atoms with van der Waals surface area (Å²) in [5.41, 5.74) is 4.29. The maximum Gasteiger partial charge on any atom is 0.282 e. The van der Waals surface area contributed by atoms with E-state index in [1.807, 2.05) is 69.3 Å². The van der Waals surface area contributed by atoms with Gasteiger partial charge in [-0.15, -0.1) is 0 Å². The molecule has 0 atom stereocenters. The second-order valence-electron chi connectivity index (χ2n) is 11.1. The molecule has 1 amide bonds. The number of para-hydroxylation sites is 2. The molecule has 0 spiro atoms. The summed E-state index contributed by atoms with van der Waals surface area (Å²) in [7, 11) is 0. The van der Waals surface area contributed by atoms with E-state index in [-0.39, 0.29) is 24.0 Å². The molecule has 1 aromatic heterocycles. The smallest absolute Gasteiger partial charge is 0.282 e. The highest BCUT2D eigenvalue weighted by Crippen LogP contribution is 2.35. The first-order chi connectivity index (χ1) is 22.7. The first-order valence-electron chi connectivity index (χ1n) is 15.5. The predicted molar refractivity (Wildman–Crippen MR) is 190 cm³/mol. The molecule has 242 valence electrons. The zero-order valence-corrected chi connectivity index (χ0v) is 28.6. The number of anilines is 1. The summed E-state index contributed by atoms with van der Waals surface area (Å²) in [4.78, 5) is 31.4. The molecule has 1 heterocycles. The normalized spacial score (nSPS) is 11.3. The standard InChI is InChI=1S/C37H37BrN4O5/c1-6-45-32-17-24(5)29(19-28(32)23(3)4)36-41-31-16-12-11-15-27(31)37(44)42(36)39-21-25-18-33(46-7-2)34(20-30(25)38)47-22-35(43)40-26-13-9-8-10-14-26/h8-21,23H,6-7,22H2,1-5H3,(H,40,43).